The first-order valence-electron chi connectivity index (χ1n) is 20.1. The van der Waals surface area contributed by atoms with Gasteiger partial charge < -0.3 is 39.9 Å². The Balaban J connectivity index is 0.000000201. The molecule has 4 aromatic carbocycles. The van der Waals surface area contributed by atoms with Gasteiger partial charge in [-0.2, -0.15) is 9.97 Å². The molecule has 8 rings (SSSR count). The maximum absolute atomic E-state index is 12.7. The standard InChI is InChI=1S/2C22H18Cl2N4O6/c2*23-14-5-1-12(2-6-14)19(29)32-10-17-16(34-20(30)13-3-7-15(24)8-4-13)9-18(33-17)28-11-26-21(25)27-22(28)31/h2*1-8,11,16-18H,9-10H2,(H2,25,27,31). The summed E-state index contributed by atoms with van der Waals surface area (Å²) in [6.45, 7) is -0.470. The van der Waals surface area contributed by atoms with E-state index in [-0.39, 0.29) is 60.2 Å². The minimum atomic E-state index is -0.865. The largest absolute Gasteiger partial charge is 0.459 e. The highest BCUT2D eigenvalue weighted by Crippen LogP contribution is 2.33. The van der Waals surface area contributed by atoms with Crippen LogP contribution in [0.15, 0.2) is 119 Å². The molecule has 4 heterocycles. The van der Waals surface area contributed by atoms with E-state index in [0.717, 1.165) is 9.13 Å². The number of esters is 4. The fourth-order valence-corrected chi connectivity index (χ4v) is 7.14. The van der Waals surface area contributed by atoms with Crippen molar-refractivity contribution in [1.82, 2.24) is 29.1 Å². The maximum atomic E-state index is 12.7. The molecule has 352 valence electrons. The van der Waals surface area contributed by atoms with Crippen LogP contribution in [0.25, 0.3) is 0 Å². The minimum absolute atomic E-state index is 0.0929. The number of nitrogens with zero attached hydrogens (tertiary/aromatic N) is 6. The normalized spacial score (nSPS) is 19.5. The number of halogens is 4. The fraction of sp³-hybridized carbons (Fsp3) is 0.227. The van der Waals surface area contributed by atoms with E-state index in [0.29, 0.717) is 20.1 Å². The van der Waals surface area contributed by atoms with Crippen molar-refractivity contribution in [1.29, 1.82) is 0 Å². The van der Waals surface area contributed by atoms with Crippen molar-refractivity contribution in [3.05, 3.63) is 173 Å². The highest BCUT2D eigenvalue weighted by atomic mass is 35.5. The lowest BCUT2D eigenvalue weighted by Crippen LogP contribution is -2.32. The SMILES string of the molecule is Nc1ncn(C2CC(OC(=O)c3ccc(Cl)cc3)C(COC(=O)c3ccc(Cl)cc3)O2)c(=O)n1.Nc1ncn(C2CC(OC(=O)c3ccc(Cl)cc3)C(COC(=O)c3ccc(Cl)cc3)O2)c(=O)n1. The van der Waals surface area contributed by atoms with E-state index >= 15 is 0 Å². The van der Waals surface area contributed by atoms with Crippen LogP contribution in [-0.2, 0) is 28.4 Å². The molecule has 0 radical (unpaired) electrons. The molecule has 20 nitrogen and oxygen atoms in total. The van der Waals surface area contributed by atoms with Gasteiger partial charge in [-0.15, -0.1) is 0 Å². The van der Waals surface area contributed by atoms with Crippen molar-refractivity contribution in [2.45, 2.75) is 49.7 Å². The summed E-state index contributed by atoms with van der Waals surface area (Å²) in [6, 6.07) is 24.6. The molecule has 4 N–H and O–H groups in total. The maximum Gasteiger partial charge on any atom is 0.354 e. The summed E-state index contributed by atoms with van der Waals surface area (Å²) >= 11 is 23.4. The molecule has 0 amide bonds. The van der Waals surface area contributed by atoms with E-state index < -0.39 is 72.1 Å². The topological polar surface area (TPSA) is 271 Å². The van der Waals surface area contributed by atoms with Crippen molar-refractivity contribution in [2.75, 3.05) is 24.7 Å². The van der Waals surface area contributed by atoms with Gasteiger partial charge in [0.1, 0.15) is 62.7 Å². The number of aromatic nitrogens is 6. The molecule has 2 aromatic heterocycles. The Hall–Kier alpha value is -6.94. The molecule has 0 aliphatic carbocycles. The summed E-state index contributed by atoms with van der Waals surface area (Å²) in [6.07, 6.45) is -2.56. The predicted molar refractivity (Wildman–Crippen MR) is 243 cm³/mol. The number of hydrogen-bond acceptors (Lipinski definition) is 18. The lowest BCUT2D eigenvalue weighted by molar-refractivity contribution is -0.0586. The van der Waals surface area contributed by atoms with E-state index in [1.165, 1.54) is 61.2 Å². The third kappa shape index (κ3) is 12.7. The third-order valence-electron chi connectivity index (χ3n) is 10.1. The van der Waals surface area contributed by atoms with E-state index in [4.69, 9.17) is 86.3 Å². The van der Waals surface area contributed by atoms with E-state index in [2.05, 4.69) is 19.9 Å². The van der Waals surface area contributed by atoms with Gasteiger partial charge in [-0.05, 0) is 97.1 Å². The molecule has 6 unspecified atom stereocenters. The smallest absolute Gasteiger partial charge is 0.354 e. The molecule has 2 fully saturated rings. The molecule has 2 saturated heterocycles. The number of carbonyl (C=O) groups is 4. The lowest BCUT2D eigenvalue weighted by atomic mass is 10.1. The van der Waals surface area contributed by atoms with Crippen LogP contribution in [0, 0.1) is 0 Å². The van der Waals surface area contributed by atoms with E-state index in [1.807, 2.05) is 0 Å². The highest BCUT2D eigenvalue weighted by Gasteiger charge is 2.42. The Kier molecular flexibility index (Phi) is 16.0. The van der Waals surface area contributed by atoms with Gasteiger partial charge in [0.05, 0.1) is 22.3 Å². The number of benzene rings is 4. The van der Waals surface area contributed by atoms with Crippen molar-refractivity contribution in [3.63, 3.8) is 0 Å². The molecule has 2 aliphatic rings. The Bertz CT molecular complexity index is 2700. The average Bonchev–Trinajstić information content (AvgIpc) is 3.91. The summed E-state index contributed by atoms with van der Waals surface area (Å²) < 4.78 is 36.0. The molecule has 0 saturated carbocycles. The monoisotopic (exact) mass is 1010 g/mol. The van der Waals surface area contributed by atoms with Crippen molar-refractivity contribution in [2.24, 2.45) is 0 Å². The summed E-state index contributed by atoms with van der Waals surface area (Å²) in [7, 11) is 0. The van der Waals surface area contributed by atoms with Crippen LogP contribution in [0.1, 0.15) is 66.7 Å². The summed E-state index contributed by atoms with van der Waals surface area (Å²) in [4.78, 5) is 89.4. The number of nitrogens with two attached hydrogens (primary N) is 2. The van der Waals surface area contributed by atoms with Gasteiger partial charge in [0.2, 0.25) is 11.9 Å². The Morgan fingerprint density at radius 1 is 0.515 bits per heavy atom. The molecule has 6 aromatic rings. The Labute approximate surface area is 404 Å². The first-order chi connectivity index (χ1) is 32.6. The van der Waals surface area contributed by atoms with Crippen LogP contribution in [0.4, 0.5) is 11.9 Å². The highest BCUT2D eigenvalue weighted by molar-refractivity contribution is 6.31. The number of hydrogen-bond donors (Lipinski definition) is 2. The number of ether oxygens (including phenoxy) is 6. The summed E-state index contributed by atoms with van der Waals surface area (Å²) in [5, 5.41) is 1.89. The minimum Gasteiger partial charge on any atom is -0.459 e. The molecule has 6 atom stereocenters. The number of carbonyl (C=O) groups excluding carboxylic acids is 4. The zero-order chi connectivity index (χ0) is 48.5. The van der Waals surface area contributed by atoms with Crippen LogP contribution in [0.5, 0.6) is 0 Å². The van der Waals surface area contributed by atoms with Crippen molar-refractivity contribution >= 4 is 82.2 Å². The fourth-order valence-electron chi connectivity index (χ4n) is 6.63. The number of rotatable bonds is 12. The lowest BCUT2D eigenvalue weighted by Gasteiger charge is -2.19. The van der Waals surface area contributed by atoms with Crippen molar-refractivity contribution < 1.29 is 47.6 Å². The van der Waals surface area contributed by atoms with Crippen LogP contribution >= 0.6 is 46.4 Å². The second-order valence-corrected chi connectivity index (χ2v) is 16.4. The second-order valence-electron chi connectivity index (χ2n) is 14.7. The molecule has 2 aliphatic heterocycles. The predicted octanol–water partition coefficient (Wildman–Crippen LogP) is 5.79. The first-order valence-corrected chi connectivity index (χ1v) is 21.6. The van der Waals surface area contributed by atoms with Gasteiger partial charge in [-0.1, -0.05) is 46.4 Å². The zero-order valence-electron chi connectivity index (χ0n) is 34.9. The van der Waals surface area contributed by atoms with Gasteiger partial charge in [0.15, 0.2) is 0 Å². The third-order valence-corrected chi connectivity index (χ3v) is 11.1. The van der Waals surface area contributed by atoms with Crippen LogP contribution in [-0.4, -0.2) is 90.6 Å². The van der Waals surface area contributed by atoms with Gasteiger partial charge in [0, 0.05) is 32.9 Å². The molecule has 24 heteroatoms. The van der Waals surface area contributed by atoms with Gasteiger partial charge in [-0.3, -0.25) is 9.13 Å². The molecular formula is C44H36Cl4N8O12. The zero-order valence-corrected chi connectivity index (χ0v) is 38.0. The summed E-state index contributed by atoms with van der Waals surface area (Å²) in [5.74, 6) is -2.84. The van der Waals surface area contributed by atoms with Crippen LogP contribution in [0.2, 0.25) is 20.1 Å². The number of anilines is 2. The molecular weight excluding hydrogens is 974 g/mol. The quantitative estimate of drug-likeness (QED) is 0.108. The van der Waals surface area contributed by atoms with E-state index in [1.54, 1.807) is 48.5 Å². The molecule has 68 heavy (non-hydrogen) atoms. The van der Waals surface area contributed by atoms with Crippen LogP contribution in [0.3, 0.4) is 0 Å². The Morgan fingerprint density at radius 3 is 1.10 bits per heavy atom. The van der Waals surface area contributed by atoms with E-state index in [9.17, 15) is 28.8 Å². The van der Waals surface area contributed by atoms with Crippen LogP contribution < -0.4 is 22.8 Å². The Morgan fingerprint density at radius 2 is 0.809 bits per heavy atom. The molecule has 0 spiro atoms. The average molecular weight is 1010 g/mol. The van der Waals surface area contributed by atoms with Crippen molar-refractivity contribution in [3.8, 4) is 0 Å². The molecule has 0 bridgehead atoms. The second kappa shape index (κ2) is 22.2. The summed E-state index contributed by atoms with van der Waals surface area (Å²) in [5.41, 5.74) is 10.7. The van der Waals surface area contributed by atoms with Gasteiger partial charge in [-0.25, -0.2) is 38.7 Å². The number of nitrogen functional groups attached to an aromatic ring is 2. The van der Waals surface area contributed by atoms with Gasteiger partial charge in [0.25, 0.3) is 0 Å². The van der Waals surface area contributed by atoms with Gasteiger partial charge >= 0.3 is 35.3 Å². The first kappa shape index (κ1) is 49.0.